The van der Waals surface area contributed by atoms with Crippen molar-refractivity contribution in [3.8, 4) is 0 Å². The number of nitrogens with zero attached hydrogens (tertiary/aromatic N) is 3. The molecular formula is C12H14ClN3S2. The molecule has 18 heavy (non-hydrogen) atoms. The van der Waals surface area contributed by atoms with Crippen LogP contribution in [-0.4, -0.2) is 40.0 Å². The summed E-state index contributed by atoms with van der Waals surface area (Å²) in [7, 11) is 2.13. The van der Waals surface area contributed by atoms with Crippen molar-refractivity contribution < 1.29 is 0 Å². The van der Waals surface area contributed by atoms with Crippen LogP contribution in [0.5, 0.6) is 0 Å². The lowest BCUT2D eigenvalue weighted by atomic mass is 10.2. The van der Waals surface area contributed by atoms with E-state index in [0.717, 1.165) is 28.3 Å². The Balaban J connectivity index is 2.06. The van der Waals surface area contributed by atoms with Crippen molar-refractivity contribution >= 4 is 44.9 Å². The van der Waals surface area contributed by atoms with Gasteiger partial charge in [-0.25, -0.2) is 9.97 Å². The fourth-order valence-corrected chi connectivity index (χ4v) is 4.51. The molecule has 0 aromatic carbocycles. The van der Waals surface area contributed by atoms with Crippen molar-refractivity contribution in [2.45, 2.75) is 13.0 Å². The molecule has 6 heteroatoms. The standard InChI is InChI=1S/C12H14ClN3S2/c1-7-5-8-10(13)14-11(15-12(8)18-7)9-6-17-4-3-16(9)2/h5,9H,3-4,6H2,1-2H3. The van der Waals surface area contributed by atoms with E-state index < -0.39 is 0 Å². The number of rotatable bonds is 1. The number of thioether (sulfide) groups is 1. The maximum absolute atomic E-state index is 6.27. The van der Waals surface area contributed by atoms with E-state index in [4.69, 9.17) is 16.6 Å². The molecule has 1 fully saturated rings. The second-order valence-corrected chi connectivity index (χ2v) is 7.26. The number of aryl methyl sites for hydroxylation is 1. The molecule has 0 amide bonds. The Kier molecular flexibility index (Phi) is 3.49. The van der Waals surface area contributed by atoms with Gasteiger partial charge >= 0.3 is 0 Å². The van der Waals surface area contributed by atoms with Crippen LogP contribution in [0.1, 0.15) is 16.7 Å². The van der Waals surface area contributed by atoms with Gasteiger partial charge in [0.15, 0.2) is 0 Å². The van der Waals surface area contributed by atoms with Gasteiger partial charge in [-0.3, -0.25) is 4.90 Å². The molecule has 0 saturated carbocycles. The van der Waals surface area contributed by atoms with Crippen molar-refractivity contribution in [3.63, 3.8) is 0 Å². The van der Waals surface area contributed by atoms with Crippen LogP contribution in [0.3, 0.4) is 0 Å². The minimum Gasteiger partial charge on any atom is -0.295 e. The summed E-state index contributed by atoms with van der Waals surface area (Å²) in [5.74, 6) is 3.09. The Morgan fingerprint density at radius 1 is 1.44 bits per heavy atom. The molecule has 3 rings (SSSR count). The summed E-state index contributed by atoms with van der Waals surface area (Å²) in [4.78, 5) is 13.7. The van der Waals surface area contributed by atoms with Crippen LogP contribution in [-0.2, 0) is 0 Å². The average Bonchev–Trinajstić information content (AvgIpc) is 2.71. The number of thiophene rings is 1. The number of hydrogen-bond acceptors (Lipinski definition) is 5. The molecule has 0 radical (unpaired) electrons. The Bertz CT molecular complexity index is 584. The van der Waals surface area contributed by atoms with Gasteiger partial charge in [-0.05, 0) is 20.0 Å². The normalized spacial score (nSPS) is 21.6. The third kappa shape index (κ3) is 2.25. The smallest absolute Gasteiger partial charge is 0.149 e. The van der Waals surface area contributed by atoms with Crippen LogP contribution < -0.4 is 0 Å². The van der Waals surface area contributed by atoms with Crippen LogP contribution >= 0.6 is 34.7 Å². The topological polar surface area (TPSA) is 29.0 Å². The van der Waals surface area contributed by atoms with E-state index in [9.17, 15) is 0 Å². The van der Waals surface area contributed by atoms with Gasteiger partial charge in [0.05, 0.1) is 6.04 Å². The zero-order valence-corrected chi connectivity index (χ0v) is 12.7. The summed E-state index contributed by atoms with van der Waals surface area (Å²) in [5.41, 5.74) is 0. The van der Waals surface area contributed by atoms with E-state index in [1.165, 1.54) is 10.6 Å². The predicted octanol–water partition coefficient (Wildman–Crippen LogP) is 3.37. The van der Waals surface area contributed by atoms with Gasteiger partial charge in [-0.15, -0.1) is 11.3 Å². The highest BCUT2D eigenvalue weighted by atomic mass is 35.5. The maximum Gasteiger partial charge on any atom is 0.149 e. The SMILES string of the molecule is Cc1cc2c(Cl)nc(C3CSCCN3C)nc2s1. The molecule has 2 aromatic rings. The van der Waals surface area contributed by atoms with Crippen molar-refractivity contribution in [2.75, 3.05) is 25.1 Å². The second-order valence-electron chi connectivity index (χ2n) is 4.52. The van der Waals surface area contributed by atoms with Crippen molar-refractivity contribution in [3.05, 3.63) is 21.9 Å². The number of fused-ring (bicyclic) bond motifs is 1. The Morgan fingerprint density at radius 3 is 3.06 bits per heavy atom. The first kappa shape index (κ1) is 12.7. The molecule has 1 unspecified atom stereocenters. The summed E-state index contributed by atoms with van der Waals surface area (Å²) in [6.07, 6.45) is 0. The van der Waals surface area contributed by atoms with Gasteiger partial charge in [-0.1, -0.05) is 11.6 Å². The van der Waals surface area contributed by atoms with Gasteiger partial charge in [0.1, 0.15) is 15.8 Å². The molecule has 0 bridgehead atoms. The second kappa shape index (κ2) is 4.96. The van der Waals surface area contributed by atoms with E-state index in [1.54, 1.807) is 11.3 Å². The molecule has 0 N–H and O–H groups in total. The van der Waals surface area contributed by atoms with E-state index in [0.29, 0.717) is 5.15 Å². The molecule has 3 heterocycles. The summed E-state index contributed by atoms with van der Waals surface area (Å²) in [6, 6.07) is 2.35. The molecular weight excluding hydrogens is 286 g/mol. The first-order valence-electron chi connectivity index (χ1n) is 5.86. The molecule has 2 aromatic heterocycles. The third-order valence-electron chi connectivity index (χ3n) is 3.18. The Morgan fingerprint density at radius 2 is 2.28 bits per heavy atom. The lowest BCUT2D eigenvalue weighted by Crippen LogP contribution is -2.33. The fourth-order valence-electron chi connectivity index (χ4n) is 2.13. The highest BCUT2D eigenvalue weighted by Crippen LogP contribution is 2.32. The number of aromatic nitrogens is 2. The van der Waals surface area contributed by atoms with Crippen molar-refractivity contribution in [1.29, 1.82) is 0 Å². The molecule has 96 valence electrons. The van der Waals surface area contributed by atoms with Gasteiger partial charge in [0, 0.05) is 28.3 Å². The minimum atomic E-state index is 0.285. The van der Waals surface area contributed by atoms with Crippen LogP contribution in [0.4, 0.5) is 0 Å². The van der Waals surface area contributed by atoms with E-state index >= 15 is 0 Å². The first-order valence-corrected chi connectivity index (χ1v) is 8.21. The molecule has 1 atom stereocenters. The van der Waals surface area contributed by atoms with Crippen LogP contribution in [0.2, 0.25) is 5.15 Å². The summed E-state index contributed by atoms with van der Waals surface area (Å²) >= 11 is 9.91. The van der Waals surface area contributed by atoms with Crippen molar-refractivity contribution in [2.24, 2.45) is 0 Å². The highest BCUT2D eigenvalue weighted by Gasteiger charge is 2.24. The highest BCUT2D eigenvalue weighted by molar-refractivity contribution is 7.99. The average molecular weight is 300 g/mol. The lowest BCUT2D eigenvalue weighted by molar-refractivity contribution is 0.265. The molecule has 1 aliphatic heterocycles. The lowest BCUT2D eigenvalue weighted by Gasteiger charge is -2.30. The monoisotopic (exact) mass is 299 g/mol. The molecule has 3 nitrogen and oxygen atoms in total. The first-order chi connectivity index (χ1) is 8.65. The van der Waals surface area contributed by atoms with Gasteiger partial charge in [0.25, 0.3) is 0 Å². The zero-order chi connectivity index (χ0) is 12.7. The summed E-state index contributed by atoms with van der Waals surface area (Å²) in [6.45, 7) is 3.16. The van der Waals surface area contributed by atoms with E-state index in [2.05, 4.69) is 29.9 Å². The van der Waals surface area contributed by atoms with E-state index in [-0.39, 0.29) is 6.04 Å². The van der Waals surface area contributed by atoms with Gasteiger partial charge in [-0.2, -0.15) is 11.8 Å². The molecule has 0 spiro atoms. The van der Waals surface area contributed by atoms with Gasteiger partial charge in [0.2, 0.25) is 0 Å². The number of hydrogen-bond donors (Lipinski definition) is 0. The quantitative estimate of drug-likeness (QED) is 0.755. The molecule has 1 saturated heterocycles. The molecule has 1 aliphatic rings. The summed E-state index contributed by atoms with van der Waals surface area (Å²) < 4.78 is 0. The van der Waals surface area contributed by atoms with Crippen molar-refractivity contribution in [1.82, 2.24) is 14.9 Å². The Hall–Kier alpha value is -0.360. The Labute approximate surface area is 120 Å². The molecule has 0 aliphatic carbocycles. The van der Waals surface area contributed by atoms with Crippen LogP contribution in [0, 0.1) is 6.92 Å². The predicted molar refractivity (Wildman–Crippen MR) is 79.9 cm³/mol. The largest absolute Gasteiger partial charge is 0.295 e. The summed E-state index contributed by atoms with van der Waals surface area (Å²) in [5, 5.41) is 1.57. The minimum absolute atomic E-state index is 0.285. The third-order valence-corrected chi connectivity index (χ3v) is 5.44. The van der Waals surface area contributed by atoms with E-state index in [1.807, 2.05) is 11.8 Å². The number of halogens is 1. The van der Waals surface area contributed by atoms with Crippen LogP contribution in [0.25, 0.3) is 10.2 Å². The van der Waals surface area contributed by atoms with Crippen LogP contribution in [0.15, 0.2) is 6.07 Å². The fraction of sp³-hybridized carbons (Fsp3) is 0.500. The maximum atomic E-state index is 6.27. The van der Waals surface area contributed by atoms with Gasteiger partial charge < -0.3 is 0 Å². The zero-order valence-electron chi connectivity index (χ0n) is 10.3.